The Morgan fingerprint density at radius 3 is 0.892 bits per heavy atom. The molecule has 12 aromatic carbocycles. The van der Waals surface area contributed by atoms with E-state index in [4.69, 9.17) is 10.6 Å². The van der Waals surface area contributed by atoms with Crippen molar-refractivity contribution in [3.05, 3.63) is 195 Å². The Morgan fingerprint density at radius 1 is 0.350 bits per heavy atom. The molecule has 0 amide bonds. The van der Waals surface area contributed by atoms with Crippen molar-refractivity contribution >= 4 is 273 Å². The van der Waals surface area contributed by atoms with Gasteiger partial charge in [0.2, 0.25) is 0 Å². The average Bonchev–Trinajstić information content (AvgIpc) is 1.69. The summed E-state index contributed by atoms with van der Waals surface area (Å²) in [6.45, 7) is 44.6. The summed E-state index contributed by atoms with van der Waals surface area (Å²) in [4.78, 5) is 0. The van der Waals surface area contributed by atoms with Gasteiger partial charge in [0.1, 0.15) is 35.7 Å². The van der Waals surface area contributed by atoms with E-state index in [2.05, 4.69) is 237 Å². The van der Waals surface area contributed by atoms with E-state index in [1.807, 2.05) is 118 Å². The van der Waals surface area contributed by atoms with Crippen LogP contribution in [-0.4, -0.2) is 48.4 Å². The number of aryl methyl sites for hydroxylation is 1. The molecule has 0 saturated heterocycles. The predicted molar refractivity (Wildman–Crippen MR) is 541 cm³/mol. The second-order valence-electron chi connectivity index (χ2n) is 34.8. The van der Waals surface area contributed by atoms with Gasteiger partial charge in [-0.3, -0.25) is 0 Å². The fourth-order valence-corrected chi connectivity index (χ4v) is 42.2. The van der Waals surface area contributed by atoms with Gasteiger partial charge in [0.15, 0.2) is 5.75 Å². The smallest absolute Gasteiger partial charge is 0.507 e. The van der Waals surface area contributed by atoms with Crippen LogP contribution in [-0.2, 0) is 10.1 Å². The van der Waals surface area contributed by atoms with Crippen LogP contribution >= 0.6 is 81.5 Å². The lowest BCUT2D eigenvalue weighted by atomic mass is 9.90. The number of fused-ring (bicyclic) bond motifs is 27. The largest absolute Gasteiger partial charge is 0.534 e. The number of rotatable bonds is 11. The van der Waals surface area contributed by atoms with Crippen molar-refractivity contribution in [3.63, 3.8) is 0 Å². The zero-order chi connectivity index (χ0) is 85.2. The third kappa shape index (κ3) is 14.7. The average molecular weight is 1800 g/mol. The third-order valence-corrected chi connectivity index (χ3v) is 51.4. The Morgan fingerprint density at radius 2 is 0.600 bits per heavy atom. The van der Waals surface area contributed by atoms with Gasteiger partial charge in [0.05, 0.1) is 0 Å². The first-order valence-electron chi connectivity index (χ1n) is 41.0. The Balaban J connectivity index is 0.000000151. The van der Waals surface area contributed by atoms with Gasteiger partial charge in [0.25, 0.3) is 0 Å². The van der Waals surface area contributed by atoms with E-state index >= 15 is 0 Å². The molecule has 2 N–H and O–H groups in total. The standard InChI is InChI=1S/C44H52S2Si2.C24H13F3O3S3.C22H12O2S2.C11H22Si.H2S.H2/c1-27(2)47(28(3)4,29(5)6)23-19-35-25-39-38-16-14-34-18-22-46-44(34)42(38)36(20-24-48(30(7)8,31(9)10)32(11)12)26-40(39)37-15-13-33-17-21-45-43(33)41(35)37;1-12-10-17-16-5-3-14-7-9-32-23(14)21(16)19(30-33(28,29)24(25,26)27)11-18(17)15-4-2-13-6-8-31-22(13)20(12)15;23-17-10-16-14-4-2-12-6-8-26-22(12)20(14)18(24)9-15(16)13-3-1-11-5-7-25-21(11)19(13)17;1-8-12(9(2)3,10(4)5)11(6)7;;/h13-18,21-22,25-32H,1-12H3;2-11H,1H3;1-10,23-24H;1,9-11H,2-7H3;1H2;1H/i;;;;;1+2. The molecule has 0 atom stereocenters. The zero-order valence-electron chi connectivity index (χ0n) is 71.2. The van der Waals surface area contributed by atoms with Gasteiger partial charge >= 0.3 is 15.6 Å². The summed E-state index contributed by atoms with van der Waals surface area (Å²) < 4.78 is 75.0. The summed E-state index contributed by atoms with van der Waals surface area (Å²) in [6, 6.07) is 49.7. The van der Waals surface area contributed by atoms with Crippen molar-refractivity contribution in [1.82, 2.24) is 0 Å². The maximum absolute atomic E-state index is 13.2. The summed E-state index contributed by atoms with van der Waals surface area (Å²) in [5, 5.41) is 58.5. The van der Waals surface area contributed by atoms with Gasteiger partial charge in [0, 0.05) is 73.1 Å². The molecule has 0 aliphatic heterocycles. The molecule has 19 heteroatoms. The van der Waals surface area contributed by atoms with E-state index in [1.165, 1.54) is 81.0 Å². The number of phenolic OH excluding ortho intramolecular Hbond substituents is 2. The SMILES string of the molecule is C#C[Si](C(C)C)(C(C)C)C(C)C.CC(C)[Si](C#Cc1cc2c(cc(C#C[Si](C(C)C)(C(C)C)C(C)C)c3c2ccc2ccsc23)c2ccc3ccsc3c12)(C(C)C)C(C)C.Cc1cc2c(cc(OS(=O)(=O)C(F)(F)F)c3c2ccc2ccsc23)c2ccc3ccsc3c12.Oc1cc2c(cc(O)c3c2ccc2ccsc23)c2ccc3ccsc3c12.S.[3HH]. The maximum atomic E-state index is 13.2. The Labute approximate surface area is 737 Å². The second-order valence-corrected chi connectivity index (χ2v) is 58.6. The van der Waals surface area contributed by atoms with Gasteiger partial charge in [-0.15, -0.1) is 91.1 Å². The maximum Gasteiger partial charge on any atom is 0.534 e. The summed E-state index contributed by atoms with van der Waals surface area (Å²) in [5.41, 5.74) is 14.8. The lowest BCUT2D eigenvalue weighted by Crippen LogP contribution is -2.43. The highest BCUT2D eigenvalue weighted by atomic mass is 32.2. The van der Waals surface area contributed by atoms with E-state index < -0.39 is 39.8 Å². The molecule has 0 bridgehead atoms. The molecule has 6 aromatic heterocycles. The molecule has 0 fully saturated rings. The lowest BCUT2D eigenvalue weighted by molar-refractivity contribution is -0.0499. The molecule has 6 heterocycles. The summed E-state index contributed by atoms with van der Waals surface area (Å²) in [6.07, 6.45) is 5.72. The molecule has 0 unspecified atom stereocenters. The molecule has 0 aliphatic rings. The Hall–Kier alpha value is -8.44. The number of hydrogen-bond donors (Lipinski definition) is 2. The molecular formula is C101H103F3O5S8Si3. The van der Waals surface area contributed by atoms with Crippen LogP contribution in [0.2, 0.25) is 49.9 Å². The van der Waals surface area contributed by atoms with Crippen molar-refractivity contribution in [2.24, 2.45) is 0 Å². The van der Waals surface area contributed by atoms with E-state index in [9.17, 15) is 31.8 Å². The number of phenols is 2. The van der Waals surface area contributed by atoms with Gasteiger partial charge in [-0.1, -0.05) is 215 Å². The first kappa shape index (κ1) is 87.9. The molecule has 5 nitrogen and oxygen atoms in total. The van der Waals surface area contributed by atoms with Crippen molar-refractivity contribution in [2.75, 3.05) is 0 Å². The summed E-state index contributed by atoms with van der Waals surface area (Å²) in [5.74, 6) is 8.14. The van der Waals surface area contributed by atoms with Crippen molar-refractivity contribution in [3.8, 4) is 52.1 Å². The number of halogens is 3. The number of alkyl halides is 3. The van der Waals surface area contributed by atoms with Gasteiger partial charge < -0.3 is 14.4 Å². The lowest BCUT2D eigenvalue weighted by Gasteiger charge is -2.38. The Bertz CT molecular complexity index is 7070. The fraction of sp³-hybridized carbons (Fsp3) is 0.287. The van der Waals surface area contributed by atoms with Crippen LogP contribution < -0.4 is 4.18 Å². The summed E-state index contributed by atoms with van der Waals surface area (Å²) in [7, 11) is -11.2. The molecule has 120 heavy (non-hydrogen) atoms. The zero-order valence-corrected chi connectivity index (χ0v) is 80.9. The van der Waals surface area contributed by atoms with Crippen LogP contribution in [0.25, 0.3) is 157 Å². The molecule has 0 spiro atoms. The minimum Gasteiger partial charge on any atom is -0.507 e. The molecule has 0 aliphatic carbocycles. The number of hydrogen-bond acceptors (Lipinski definition) is 11. The highest BCUT2D eigenvalue weighted by Crippen LogP contribution is 2.52. The van der Waals surface area contributed by atoms with E-state index in [0.717, 1.165) is 89.7 Å². The van der Waals surface area contributed by atoms with Gasteiger partial charge in [-0.05, 0) is 258 Å². The van der Waals surface area contributed by atoms with Crippen LogP contribution in [0, 0.1) is 41.8 Å². The molecular weight excluding hydrogens is 1690 g/mol. The summed E-state index contributed by atoms with van der Waals surface area (Å²) >= 11 is 9.88. The van der Waals surface area contributed by atoms with Crippen LogP contribution in [0.1, 0.15) is 143 Å². The van der Waals surface area contributed by atoms with Crippen molar-refractivity contribution in [2.45, 2.75) is 187 Å². The minimum atomic E-state index is -5.84. The third-order valence-electron chi connectivity index (χ3n) is 26.0. The number of thiophene rings is 6. The first-order chi connectivity index (χ1) is 56.5. The van der Waals surface area contributed by atoms with Crippen molar-refractivity contribution in [1.29, 1.82) is 0 Å². The van der Waals surface area contributed by atoms with Crippen LogP contribution in [0.15, 0.2) is 178 Å². The first-order valence-corrected chi connectivity index (χ1v) is 54.4. The van der Waals surface area contributed by atoms with E-state index in [1.54, 1.807) is 34.0 Å². The molecule has 0 saturated carbocycles. The topological polar surface area (TPSA) is 83.8 Å². The van der Waals surface area contributed by atoms with Crippen LogP contribution in [0.3, 0.4) is 0 Å². The number of aromatic hydroxyl groups is 2. The highest BCUT2D eigenvalue weighted by molar-refractivity contribution is 7.88. The molecule has 18 rings (SSSR count). The van der Waals surface area contributed by atoms with Crippen LogP contribution in [0.5, 0.6) is 17.2 Å². The van der Waals surface area contributed by atoms with E-state index in [0.29, 0.717) is 82.2 Å². The Kier molecular flexibility index (Phi) is 24.7. The molecule has 618 valence electrons. The highest BCUT2D eigenvalue weighted by Gasteiger charge is 2.49. The predicted octanol–water partition coefficient (Wildman–Crippen LogP) is 34.0. The fourth-order valence-electron chi connectivity index (χ4n) is 20.5. The minimum absolute atomic E-state index is 0. The van der Waals surface area contributed by atoms with Gasteiger partial charge in [-0.2, -0.15) is 35.1 Å². The van der Waals surface area contributed by atoms with Gasteiger partial charge in [-0.25, -0.2) is 0 Å². The number of benzene rings is 12. The van der Waals surface area contributed by atoms with Crippen LogP contribution in [0.4, 0.5) is 13.2 Å². The monoisotopic (exact) mass is 1790 g/mol. The van der Waals surface area contributed by atoms with Crippen molar-refractivity contribution < 1.29 is 37.4 Å². The second kappa shape index (κ2) is 33.7. The number of terminal acetylenes is 1. The van der Waals surface area contributed by atoms with E-state index in [-0.39, 0.29) is 20.7 Å². The quantitative estimate of drug-likeness (QED) is 0.0443. The normalized spacial score (nSPS) is 12.7. The molecule has 0 radical (unpaired) electrons. The molecule has 18 aromatic rings.